The highest BCUT2D eigenvalue weighted by Crippen LogP contribution is 2.25. The van der Waals surface area contributed by atoms with Gasteiger partial charge < -0.3 is 14.5 Å². The number of rotatable bonds is 8. The number of carbonyl (C=O) groups excluding carboxylic acids is 3. The highest BCUT2D eigenvalue weighted by Gasteiger charge is 2.21. The first-order valence-electron chi connectivity index (χ1n) is 9.18. The van der Waals surface area contributed by atoms with E-state index in [1.165, 1.54) is 13.2 Å². The molecule has 0 fully saturated rings. The van der Waals surface area contributed by atoms with Gasteiger partial charge in [0.15, 0.2) is 12.4 Å². The second-order valence-electron chi connectivity index (χ2n) is 6.53. The number of nitrogens with one attached hydrogen (secondary N) is 1. The van der Waals surface area contributed by atoms with Gasteiger partial charge in [0.05, 0.1) is 12.3 Å². The highest BCUT2D eigenvalue weighted by atomic mass is 16.5. The summed E-state index contributed by atoms with van der Waals surface area (Å²) in [5, 5.41) is 2.62. The lowest BCUT2D eigenvalue weighted by atomic mass is 10.0. The van der Waals surface area contributed by atoms with Crippen LogP contribution in [0, 0.1) is 0 Å². The minimum absolute atomic E-state index is 0.0244. The molecular formula is C23H21NO5. The molecule has 0 aliphatic heterocycles. The van der Waals surface area contributed by atoms with Crippen LogP contribution in [-0.2, 0) is 20.7 Å². The normalized spacial score (nSPS) is 11.5. The van der Waals surface area contributed by atoms with Crippen LogP contribution in [0.15, 0.2) is 77.4 Å². The smallest absolute Gasteiger partial charge is 0.375 e. The van der Waals surface area contributed by atoms with Gasteiger partial charge >= 0.3 is 5.97 Å². The van der Waals surface area contributed by atoms with Crippen molar-refractivity contribution in [3.8, 4) is 11.1 Å². The summed E-state index contributed by atoms with van der Waals surface area (Å²) in [4.78, 5) is 36.4. The summed E-state index contributed by atoms with van der Waals surface area (Å²) in [7, 11) is 0. The summed E-state index contributed by atoms with van der Waals surface area (Å²) in [6.07, 6.45) is 1.76. The van der Waals surface area contributed by atoms with Gasteiger partial charge in [-0.15, -0.1) is 0 Å². The van der Waals surface area contributed by atoms with Gasteiger partial charge in [0.25, 0.3) is 5.91 Å². The van der Waals surface area contributed by atoms with Crippen molar-refractivity contribution in [2.24, 2.45) is 0 Å². The molecule has 148 valence electrons. The average molecular weight is 391 g/mol. The van der Waals surface area contributed by atoms with Crippen LogP contribution >= 0.6 is 0 Å². The van der Waals surface area contributed by atoms with E-state index in [4.69, 9.17) is 9.15 Å². The van der Waals surface area contributed by atoms with Crippen molar-refractivity contribution < 1.29 is 23.5 Å². The first kappa shape index (κ1) is 20.1. The van der Waals surface area contributed by atoms with E-state index in [0.29, 0.717) is 12.0 Å². The van der Waals surface area contributed by atoms with Crippen LogP contribution in [0.1, 0.15) is 23.0 Å². The molecule has 1 heterocycles. The molecule has 3 aromatic rings. The number of Topliss-reactive ketones (excluding diaryl/α,β-unsaturated/α-hetero) is 1. The second-order valence-corrected chi connectivity index (χ2v) is 6.53. The maximum absolute atomic E-state index is 12.4. The van der Waals surface area contributed by atoms with Crippen molar-refractivity contribution in [2.75, 3.05) is 6.61 Å². The maximum atomic E-state index is 12.4. The SMILES string of the molecule is CC(=O)C(Cc1ccccc1)NC(=O)COC(=O)c1occc1-c1ccccc1. The third-order valence-electron chi connectivity index (χ3n) is 4.38. The molecule has 0 saturated carbocycles. The zero-order valence-electron chi connectivity index (χ0n) is 16.0. The average Bonchev–Trinajstić information content (AvgIpc) is 3.23. The molecule has 0 radical (unpaired) electrons. The van der Waals surface area contributed by atoms with Crippen LogP contribution in [0.3, 0.4) is 0 Å². The van der Waals surface area contributed by atoms with Gasteiger partial charge in [0, 0.05) is 5.56 Å². The largest absolute Gasteiger partial charge is 0.457 e. The standard InChI is InChI=1S/C23H21NO5/c1-16(25)20(14-17-8-4-2-5-9-17)24-21(26)15-29-23(27)22-19(12-13-28-22)18-10-6-3-7-11-18/h2-13,20H,14-15H2,1H3,(H,24,26). The van der Waals surface area contributed by atoms with Gasteiger partial charge in [-0.1, -0.05) is 60.7 Å². The molecule has 0 spiro atoms. The summed E-state index contributed by atoms with van der Waals surface area (Å²) in [5.41, 5.74) is 2.31. The molecule has 1 aromatic heterocycles. The third kappa shape index (κ3) is 5.42. The summed E-state index contributed by atoms with van der Waals surface area (Å²) < 4.78 is 10.3. The van der Waals surface area contributed by atoms with Crippen molar-refractivity contribution in [1.29, 1.82) is 0 Å². The van der Waals surface area contributed by atoms with Gasteiger partial charge in [-0.05, 0) is 30.5 Å². The summed E-state index contributed by atoms with van der Waals surface area (Å²) in [6, 6.07) is 19.6. The Labute approximate surface area is 168 Å². The molecule has 1 N–H and O–H groups in total. The molecule has 1 atom stereocenters. The summed E-state index contributed by atoms with van der Waals surface area (Å²) in [6.45, 7) is 0.904. The Kier molecular flexibility index (Phi) is 6.58. The number of benzene rings is 2. The number of ether oxygens (including phenoxy) is 1. The second kappa shape index (κ2) is 9.50. The van der Waals surface area contributed by atoms with E-state index in [9.17, 15) is 14.4 Å². The number of amides is 1. The number of hydrogen-bond acceptors (Lipinski definition) is 5. The van der Waals surface area contributed by atoms with Crippen molar-refractivity contribution in [2.45, 2.75) is 19.4 Å². The lowest BCUT2D eigenvalue weighted by molar-refractivity contribution is -0.128. The number of carbonyl (C=O) groups is 3. The van der Waals surface area contributed by atoms with Crippen LogP contribution in [0.25, 0.3) is 11.1 Å². The van der Waals surface area contributed by atoms with Crippen LogP contribution in [0.2, 0.25) is 0 Å². The van der Waals surface area contributed by atoms with Crippen LogP contribution in [-0.4, -0.2) is 30.3 Å². The van der Waals surface area contributed by atoms with E-state index in [-0.39, 0.29) is 11.5 Å². The Bertz CT molecular complexity index is 979. The van der Waals surface area contributed by atoms with Gasteiger partial charge in [-0.3, -0.25) is 9.59 Å². The molecule has 0 saturated heterocycles. The molecule has 0 aliphatic carbocycles. The van der Waals surface area contributed by atoms with Gasteiger partial charge in [-0.2, -0.15) is 0 Å². The lowest BCUT2D eigenvalue weighted by Crippen LogP contribution is -2.43. The molecule has 3 rings (SSSR count). The zero-order valence-corrected chi connectivity index (χ0v) is 16.0. The number of hydrogen-bond donors (Lipinski definition) is 1. The molecular weight excluding hydrogens is 370 g/mol. The molecule has 2 aromatic carbocycles. The van der Waals surface area contributed by atoms with E-state index >= 15 is 0 Å². The molecule has 6 heteroatoms. The topological polar surface area (TPSA) is 85.6 Å². The predicted molar refractivity (Wildman–Crippen MR) is 107 cm³/mol. The van der Waals surface area contributed by atoms with Gasteiger partial charge in [0.2, 0.25) is 5.76 Å². The highest BCUT2D eigenvalue weighted by molar-refractivity contribution is 5.96. The summed E-state index contributed by atoms with van der Waals surface area (Å²) in [5.74, 6) is -1.45. The summed E-state index contributed by atoms with van der Waals surface area (Å²) >= 11 is 0. The van der Waals surface area contributed by atoms with Gasteiger partial charge in [-0.25, -0.2) is 4.79 Å². The molecule has 0 aliphatic rings. The fraction of sp³-hybridized carbons (Fsp3) is 0.174. The minimum Gasteiger partial charge on any atom is -0.457 e. The quantitative estimate of drug-likeness (QED) is 0.595. The van der Waals surface area contributed by atoms with Crippen molar-refractivity contribution in [3.05, 3.63) is 84.3 Å². The molecule has 1 amide bonds. The number of esters is 1. The fourth-order valence-corrected chi connectivity index (χ4v) is 2.89. The van der Waals surface area contributed by atoms with E-state index < -0.39 is 24.5 Å². The molecule has 1 unspecified atom stereocenters. The number of furan rings is 1. The molecule has 29 heavy (non-hydrogen) atoms. The van der Waals surface area contributed by atoms with Crippen molar-refractivity contribution in [1.82, 2.24) is 5.32 Å². The Morgan fingerprint density at radius 1 is 0.966 bits per heavy atom. The number of ketones is 1. The third-order valence-corrected chi connectivity index (χ3v) is 4.38. The first-order valence-corrected chi connectivity index (χ1v) is 9.18. The Balaban J connectivity index is 1.58. The maximum Gasteiger partial charge on any atom is 0.375 e. The Morgan fingerprint density at radius 2 is 1.62 bits per heavy atom. The monoisotopic (exact) mass is 391 g/mol. The Morgan fingerprint density at radius 3 is 2.28 bits per heavy atom. The first-order chi connectivity index (χ1) is 14.0. The predicted octanol–water partition coefficient (Wildman–Crippen LogP) is 3.42. The van der Waals surface area contributed by atoms with E-state index in [2.05, 4.69) is 5.32 Å². The lowest BCUT2D eigenvalue weighted by Gasteiger charge is -2.16. The minimum atomic E-state index is -0.744. The van der Waals surface area contributed by atoms with Crippen LogP contribution in [0.5, 0.6) is 0 Å². The van der Waals surface area contributed by atoms with Crippen LogP contribution in [0.4, 0.5) is 0 Å². The van der Waals surface area contributed by atoms with E-state index in [1.54, 1.807) is 6.07 Å². The van der Waals surface area contributed by atoms with E-state index in [1.807, 2.05) is 60.7 Å². The van der Waals surface area contributed by atoms with Gasteiger partial charge in [0.1, 0.15) is 0 Å². The Hall–Kier alpha value is -3.67. The zero-order chi connectivity index (χ0) is 20.6. The van der Waals surface area contributed by atoms with Crippen molar-refractivity contribution >= 4 is 17.7 Å². The van der Waals surface area contributed by atoms with E-state index in [0.717, 1.165) is 11.1 Å². The van der Waals surface area contributed by atoms with Crippen LogP contribution < -0.4 is 5.32 Å². The fourth-order valence-electron chi connectivity index (χ4n) is 2.89. The molecule has 0 bridgehead atoms. The van der Waals surface area contributed by atoms with Crippen molar-refractivity contribution in [3.63, 3.8) is 0 Å². The molecule has 6 nitrogen and oxygen atoms in total.